The van der Waals surface area contributed by atoms with Crippen LogP contribution in [0.1, 0.15) is 45.3 Å². The second kappa shape index (κ2) is 4.92. The second-order valence-corrected chi connectivity index (χ2v) is 6.01. The van der Waals surface area contributed by atoms with Crippen molar-refractivity contribution in [1.29, 1.82) is 0 Å². The van der Waals surface area contributed by atoms with E-state index >= 15 is 0 Å². The van der Waals surface area contributed by atoms with Crippen molar-refractivity contribution >= 4 is 6.09 Å². The number of aromatic nitrogens is 2. The third-order valence-electron chi connectivity index (χ3n) is 3.23. The minimum absolute atomic E-state index is 0.0494. The van der Waals surface area contributed by atoms with Gasteiger partial charge in [-0.15, -0.1) is 0 Å². The first-order chi connectivity index (χ1) is 9.50. The fourth-order valence-electron chi connectivity index (χ4n) is 2.31. The summed E-state index contributed by atoms with van der Waals surface area (Å²) in [6, 6.07) is -0.516. The van der Waals surface area contributed by atoms with Crippen LogP contribution < -0.4 is 0 Å². The van der Waals surface area contributed by atoms with E-state index in [1.54, 1.807) is 27.7 Å². The van der Waals surface area contributed by atoms with Crippen LogP contribution in [-0.4, -0.2) is 32.7 Å². The Bertz CT molecular complexity index is 546. The zero-order valence-corrected chi connectivity index (χ0v) is 12.4. The van der Waals surface area contributed by atoms with Crippen LogP contribution in [-0.2, 0) is 17.5 Å². The van der Waals surface area contributed by atoms with Crippen molar-refractivity contribution < 1.29 is 22.7 Å². The topological polar surface area (TPSA) is 47.4 Å². The SMILES string of the molecule is CC1c2cnc(C(F)(F)F)n2CCN1C(=O)OC(C)(C)C. The standard InChI is InChI=1S/C13H18F3N3O2/c1-8-9-7-17-10(13(14,15)16)19(9)6-5-18(8)11(20)21-12(2,3)4/h7-8H,5-6H2,1-4H3. The number of amides is 1. The molecule has 0 spiro atoms. The maximum atomic E-state index is 12.8. The third-order valence-corrected chi connectivity index (χ3v) is 3.23. The zero-order chi connectivity index (χ0) is 16.0. The first-order valence-electron chi connectivity index (χ1n) is 6.63. The molecule has 0 aromatic carbocycles. The van der Waals surface area contributed by atoms with E-state index in [1.165, 1.54) is 11.1 Å². The molecule has 118 valence electrons. The highest BCUT2D eigenvalue weighted by Crippen LogP contribution is 2.34. The monoisotopic (exact) mass is 305 g/mol. The van der Waals surface area contributed by atoms with Gasteiger partial charge in [0.15, 0.2) is 0 Å². The molecule has 8 heteroatoms. The Morgan fingerprint density at radius 3 is 2.48 bits per heavy atom. The van der Waals surface area contributed by atoms with E-state index in [0.29, 0.717) is 5.69 Å². The molecule has 1 aromatic rings. The molecule has 0 aliphatic carbocycles. The summed E-state index contributed by atoms with van der Waals surface area (Å²) in [5.74, 6) is -0.923. The molecule has 1 unspecified atom stereocenters. The molecule has 0 saturated carbocycles. The van der Waals surface area contributed by atoms with Crippen molar-refractivity contribution in [2.45, 2.75) is 52.1 Å². The van der Waals surface area contributed by atoms with Gasteiger partial charge in [-0.3, -0.25) is 4.90 Å². The van der Waals surface area contributed by atoms with Gasteiger partial charge in [0.2, 0.25) is 5.82 Å². The quantitative estimate of drug-likeness (QED) is 0.739. The van der Waals surface area contributed by atoms with Crippen molar-refractivity contribution in [3.05, 3.63) is 17.7 Å². The lowest BCUT2D eigenvalue weighted by molar-refractivity contribution is -0.147. The van der Waals surface area contributed by atoms with Crippen molar-refractivity contribution in [1.82, 2.24) is 14.5 Å². The molecule has 2 heterocycles. The van der Waals surface area contributed by atoms with Gasteiger partial charge < -0.3 is 9.30 Å². The molecule has 0 bridgehead atoms. The Morgan fingerprint density at radius 1 is 1.33 bits per heavy atom. The largest absolute Gasteiger partial charge is 0.449 e. The molecule has 0 fully saturated rings. The predicted molar refractivity (Wildman–Crippen MR) is 68.6 cm³/mol. The summed E-state index contributed by atoms with van der Waals surface area (Å²) in [7, 11) is 0. The van der Waals surface area contributed by atoms with Gasteiger partial charge in [0.25, 0.3) is 0 Å². The van der Waals surface area contributed by atoms with E-state index in [0.717, 1.165) is 4.57 Å². The van der Waals surface area contributed by atoms with Gasteiger partial charge in [-0.05, 0) is 27.7 Å². The molecule has 0 N–H and O–H groups in total. The van der Waals surface area contributed by atoms with Crippen LogP contribution >= 0.6 is 0 Å². The van der Waals surface area contributed by atoms with Crippen LogP contribution in [0.5, 0.6) is 0 Å². The van der Waals surface area contributed by atoms with Crippen LogP contribution in [0.3, 0.4) is 0 Å². The summed E-state index contributed by atoms with van der Waals surface area (Å²) in [4.78, 5) is 17.0. The Hall–Kier alpha value is -1.73. The third kappa shape index (κ3) is 3.14. The number of hydrogen-bond acceptors (Lipinski definition) is 3. The van der Waals surface area contributed by atoms with Gasteiger partial charge in [-0.2, -0.15) is 13.2 Å². The van der Waals surface area contributed by atoms with Gasteiger partial charge in [-0.1, -0.05) is 0 Å². The van der Waals surface area contributed by atoms with Crippen LogP contribution in [0.4, 0.5) is 18.0 Å². The molecule has 1 aliphatic rings. The number of fused-ring (bicyclic) bond motifs is 1. The first-order valence-corrected chi connectivity index (χ1v) is 6.63. The zero-order valence-electron chi connectivity index (χ0n) is 12.4. The van der Waals surface area contributed by atoms with E-state index in [-0.39, 0.29) is 13.1 Å². The molecule has 1 atom stereocenters. The lowest BCUT2D eigenvalue weighted by Crippen LogP contribution is -2.44. The predicted octanol–water partition coefficient (Wildman–Crippen LogP) is 3.21. The van der Waals surface area contributed by atoms with E-state index in [2.05, 4.69) is 4.98 Å². The maximum Gasteiger partial charge on any atom is 0.449 e. The summed E-state index contributed by atoms with van der Waals surface area (Å²) in [5, 5.41) is 0. The normalized spacial score (nSPS) is 19.4. The summed E-state index contributed by atoms with van der Waals surface area (Å²) < 4.78 is 44.9. The molecule has 1 aromatic heterocycles. The number of carbonyl (C=O) groups excluding carboxylic acids is 1. The van der Waals surface area contributed by atoms with Gasteiger partial charge >= 0.3 is 12.3 Å². The summed E-state index contributed by atoms with van der Waals surface area (Å²) >= 11 is 0. The first kappa shape index (κ1) is 15.7. The number of rotatable bonds is 0. The van der Waals surface area contributed by atoms with Crippen LogP contribution in [0.15, 0.2) is 6.20 Å². The van der Waals surface area contributed by atoms with Crippen LogP contribution in [0.2, 0.25) is 0 Å². The number of ether oxygens (including phenoxy) is 1. The van der Waals surface area contributed by atoms with Gasteiger partial charge in [0.1, 0.15) is 5.60 Å². The van der Waals surface area contributed by atoms with E-state index in [4.69, 9.17) is 4.74 Å². The van der Waals surface area contributed by atoms with Crippen molar-refractivity contribution in [3.63, 3.8) is 0 Å². The lowest BCUT2D eigenvalue weighted by Gasteiger charge is -2.36. The molecular weight excluding hydrogens is 287 g/mol. The van der Waals surface area contributed by atoms with E-state index < -0.39 is 29.7 Å². The van der Waals surface area contributed by atoms with Crippen molar-refractivity contribution in [2.24, 2.45) is 0 Å². The number of imidazole rings is 1. The number of hydrogen-bond donors (Lipinski definition) is 0. The summed E-state index contributed by atoms with van der Waals surface area (Å²) in [5.41, 5.74) is -0.287. The highest BCUT2D eigenvalue weighted by atomic mass is 19.4. The molecule has 1 amide bonds. The summed E-state index contributed by atoms with van der Waals surface area (Å²) in [6.45, 7) is 7.09. The Labute approximate surface area is 120 Å². The van der Waals surface area contributed by atoms with Crippen LogP contribution in [0.25, 0.3) is 0 Å². The fraction of sp³-hybridized carbons (Fsp3) is 0.692. The molecule has 0 saturated heterocycles. The second-order valence-electron chi connectivity index (χ2n) is 6.01. The highest BCUT2D eigenvalue weighted by molar-refractivity contribution is 5.69. The molecule has 0 radical (unpaired) electrons. The molecule has 1 aliphatic heterocycles. The Morgan fingerprint density at radius 2 is 1.95 bits per heavy atom. The van der Waals surface area contributed by atoms with Gasteiger partial charge in [0, 0.05) is 13.1 Å². The molecule has 2 rings (SSSR count). The van der Waals surface area contributed by atoms with Crippen LogP contribution in [0, 0.1) is 0 Å². The number of halogens is 3. The maximum absolute atomic E-state index is 12.8. The van der Waals surface area contributed by atoms with Gasteiger partial charge in [0.05, 0.1) is 17.9 Å². The van der Waals surface area contributed by atoms with E-state index in [1.807, 2.05) is 0 Å². The molecular formula is C13H18F3N3O2. The Kier molecular flexibility index (Phi) is 3.67. The minimum Gasteiger partial charge on any atom is -0.444 e. The Balaban J connectivity index is 2.24. The fourth-order valence-corrected chi connectivity index (χ4v) is 2.31. The summed E-state index contributed by atoms with van der Waals surface area (Å²) in [6.07, 6.45) is -3.85. The van der Waals surface area contributed by atoms with E-state index in [9.17, 15) is 18.0 Å². The highest BCUT2D eigenvalue weighted by Gasteiger charge is 2.41. The minimum atomic E-state index is -4.49. The number of nitrogens with zero attached hydrogens (tertiary/aromatic N) is 3. The van der Waals surface area contributed by atoms with Gasteiger partial charge in [-0.25, -0.2) is 9.78 Å². The number of alkyl halides is 3. The average molecular weight is 305 g/mol. The van der Waals surface area contributed by atoms with Crippen molar-refractivity contribution in [2.75, 3.05) is 6.54 Å². The molecule has 21 heavy (non-hydrogen) atoms. The molecule has 5 nitrogen and oxygen atoms in total. The average Bonchev–Trinajstić information content (AvgIpc) is 2.70. The smallest absolute Gasteiger partial charge is 0.444 e. The lowest BCUT2D eigenvalue weighted by atomic mass is 10.1. The number of carbonyl (C=O) groups is 1. The van der Waals surface area contributed by atoms with Crippen molar-refractivity contribution in [3.8, 4) is 0 Å².